The average molecular weight is 505 g/mol. The van der Waals surface area contributed by atoms with Crippen molar-refractivity contribution in [3.8, 4) is 5.75 Å². The number of carbonyl (C=O) groups excluding carboxylic acids is 2. The van der Waals surface area contributed by atoms with E-state index in [1.807, 2.05) is 23.6 Å². The molecule has 2 heterocycles. The zero-order valence-corrected chi connectivity index (χ0v) is 20.8. The van der Waals surface area contributed by atoms with Gasteiger partial charge in [-0.2, -0.15) is 0 Å². The molecule has 0 spiro atoms. The van der Waals surface area contributed by atoms with Crippen molar-refractivity contribution in [1.82, 2.24) is 30.2 Å². The summed E-state index contributed by atoms with van der Waals surface area (Å²) in [6.45, 7) is 8.65. The lowest BCUT2D eigenvalue weighted by Crippen LogP contribution is -2.34. The first-order valence-corrected chi connectivity index (χ1v) is 11.3. The Morgan fingerprint density at radius 1 is 1.11 bits per heavy atom. The summed E-state index contributed by atoms with van der Waals surface area (Å²) in [5, 5.41) is 5.28. The number of aryl methyl sites for hydroxylation is 1. The summed E-state index contributed by atoms with van der Waals surface area (Å²) >= 11 is 5.86. The number of halogens is 1. The molecule has 0 bridgehead atoms. The highest BCUT2D eigenvalue weighted by Gasteiger charge is 2.18. The fourth-order valence-electron chi connectivity index (χ4n) is 3.22. The molecular weight excluding hydrogens is 476 g/mol. The van der Waals surface area contributed by atoms with E-state index in [2.05, 4.69) is 25.6 Å². The minimum atomic E-state index is -0.562. The summed E-state index contributed by atoms with van der Waals surface area (Å²) < 4.78 is 12.9. The van der Waals surface area contributed by atoms with Crippen LogP contribution in [0.25, 0.3) is 11.0 Å². The molecule has 3 aromatic rings. The molecule has 0 aliphatic heterocycles. The molecule has 0 unspecified atom stereocenters. The molecule has 3 rings (SSSR count). The van der Waals surface area contributed by atoms with Crippen LogP contribution in [0.3, 0.4) is 0 Å². The van der Waals surface area contributed by atoms with Gasteiger partial charge >= 0.3 is 6.09 Å². The van der Waals surface area contributed by atoms with Gasteiger partial charge < -0.3 is 36.1 Å². The van der Waals surface area contributed by atoms with Gasteiger partial charge in [0, 0.05) is 12.6 Å². The third kappa shape index (κ3) is 6.63. The van der Waals surface area contributed by atoms with Crippen molar-refractivity contribution >= 4 is 46.3 Å². The molecule has 0 aliphatic carbocycles. The van der Waals surface area contributed by atoms with Crippen LogP contribution in [0.15, 0.2) is 18.2 Å². The van der Waals surface area contributed by atoms with Crippen LogP contribution in [0.2, 0.25) is 5.15 Å². The van der Waals surface area contributed by atoms with Gasteiger partial charge in [0.2, 0.25) is 0 Å². The first-order valence-electron chi connectivity index (χ1n) is 10.9. The Morgan fingerprint density at radius 2 is 1.86 bits per heavy atom. The van der Waals surface area contributed by atoms with Crippen molar-refractivity contribution in [2.75, 3.05) is 24.6 Å². The number of hydrogen-bond donors (Lipinski definition) is 4. The van der Waals surface area contributed by atoms with E-state index in [4.69, 9.17) is 32.5 Å². The third-order valence-corrected chi connectivity index (χ3v) is 4.96. The molecule has 35 heavy (non-hydrogen) atoms. The Bertz CT molecular complexity index is 1240. The van der Waals surface area contributed by atoms with Gasteiger partial charge in [0.15, 0.2) is 22.5 Å². The molecule has 0 fully saturated rings. The number of imidazole rings is 1. The number of hydrogen-bond acceptors (Lipinski definition) is 9. The Morgan fingerprint density at radius 3 is 2.54 bits per heavy atom. The van der Waals surface area contributed by atoms with Gasteiger partial charge in [0.25, 0.3) is 5.91 Å². The highest BCUT2D eigenvalue weighted by atomic mass is 35.5. The largest absolute Gasteiger partial charge is 0.492 e. The average Bonchev–Trinajstić information content (AvgIpc) is 3.13. The third-order valence-electron chi connectivity index (χ3n) is 4.68. The van der Waals surface area contributed by atoms with Crippen molar-refractivity contribution in [3.63, 3.8) is 0 Å². The van der Waals surface area contributed by atoms with Crippen molar-refractivity contribution in [3.05, 3.63) is 34.9 Å². The molecule has 12 nitrogen and oxygen atoms in total. The Kier molecular flexibility index (Phi) is 7.85. The number of carbonyl (C=O) groups is 2. The summed E-state index contributed by atoms with van der Waals surface area (Å²) in [5.41, 5.74) is 12.2. The second kappa shape index (κ2) is 10.6. The summed E-state index contributed by atoms with van der Waals surface area (Å²) in [4.78, 5) is 36.6. The number of benzene rings is 1. The van der Waals surface area contributed by atoms with Gasteiger partial charge in [-0.05, 0) is 39.8 Å². The van der Waals surface area contributed by atoms with Crippen LogP contribution in [0.5, 0.6) is 5.75 Å². The van der Waals surface area contributed by atoms with E-state index >= 15 is 0 Å². The predicted octanol–water partition coefficient (Wildman–Crippen LogP) is 2.50. The maximum Gasteiger partial charge on any atom is 0.407 e. The van der Waals surface area contributed by atoms with E-state index < -0.39 is 17.6 Å². The smallest absolute Gasteiger partial charge is 0.407 e. The molecule has 13 heteroatoms. The lowest BCUT2D eigenvalue weighted by atomic mass is 10.2. The van der Waals surface area contributed by atoms with E-state index in [0.29, 0.717) is 24.7 Å². The fraction of sp³-hybridized carbons (Fsp3) is 0.409. The number of nitrogens with zero attached hydrogens (tertiary/aromatic N) is 4. The maximum atomic E-state index is 12.6. The fourth-order valence-corrected chi connectivity index (χ4v) is 3.34. The molecule has 0 saturated heterocycles. The lowest BCUT2D eigenvalue weighted by Gasteiger charge is -2.19. The Hall–Kier alpha value is -3.80. The number of anilines is 2. The van der Waals surface area contributed by atoms with Gasteiger partial charge in [-0.25, -0.2) is 19.7 Å². The Balaban J connectivity index is 1.64. The molecule has 6 N–H and O–H groups in total. The topological polar surface area (TPSA) is 172 Å². The predicted molar refractivity (Wildman–Crippen MR) is 132 cm³/mol. The summed E-state index contributed by atoms with van der Waals surface area (Å²) in [7, 11) is 0. The standard InChI is InChI=1S/C22H29ClN8O4/c1-5-31-14-10-12(34-9-8-26-21(33)35-22(2,3)4)6-7-13(14)28-15(31)11-27-20(32)16-18(24)30-19(25)17(23)29-16/h6-7,10H,5,8-9,11H2,1-4H3,(H,26,33)(H,27,32)(H4,24,25,30). The second-order valence-corrected chi connectivity index (χ2v) is 8.87. The molecular formula is C22H29ClN8O4. The number of aromatic nitrogens is 4. The number of ether oxygens (including phenoxy) is 2. The number of amides is 2. The van der Waals surface area contributed by atoms with E-state index in [9.17, 15) is 9.59 Å². The van der Waals surface area contributed by atoms with Gasteiger partial charge in [-0.3, -0.25) is 4.79 Å². The minimum absolute atomic E-state index is 0.0489. The van der Waals surface area contributed by atoms with E-state index in [-0.39, 0.29) is 35.6 Å². The van der Waals surface area contributed by atoms with Gasteiger partial charge in [-0.15, -0.1) is 0 Å². The number of nitrogens with one attached hydrogen (secondary N) is 2. The number of nitrogen functional groups attached to an aromatic ring is 2. The van der Waals surface area contributed by atoms with Gasteiger partial charge in [0.1, 0.15) is 23.8 Å². The normalized spacial score (nSPS) is 11.3. The van der Waals surface area contributed by atoms with Crippen molar-refractivity contribution in [2.24, 2.45) is 0 Å². The van der Waals surface area contributed by atoms with Crippen LogP contribution in [0.1, 0.15) is 44.0 Å². The maximum absolute atomic E-state index is 12.6. The molecule has 1 aromatic carbocycles. The number of fused-ring (bicyclic) bond motifs is 1. The van der Waals surface area contributed by atoms with Crippen LogP contribution >= 0.6 is 11.6 Å². The quantitative estimate of drug-likeness (QED) is 0.336. The highest BCUT2D eigenvalue weighted by Crippen LogP contribution is 2.23. The van der Waals surface area contributed by atoms with E-state index in [0.717, 1.165) is 11.0 Å². The summed E-state index contributed by atoms with van der Waals surface area (Å²) in [6.07, 6.45) is -0.499. The first kappa shape index (κ1) is 25.8. The summed E-state index contributed by atoms with van der Waals surface area (Å²) in [6, 6.07) is 5.47. The van der Waals surface area contributed by atoms with Crippen molar-refractivity contribution < 1.29 is 19.1 Å². The van der Waals surface area contributed by atoms with E-state index in [1.165, 1.54) is 0 Å². The molecule has 2 aromatic heterocycles. The molecule has 0 atom stereocenters. The van der Waals surface area contributed by atoms with Crippen LogP contribution in [-0.4, -0.2) is 50.3 Å². The van der Waals surface area contributed by atoms with Crippen molar-refractivity contribution in [2.45, 2.75) is 46.4 Å². The first-order chi connectivity index (χ1) is 16.5. The zero-order chi connectivity index (χ0) is 25.8. The number of rotatable bonds is 8. The minimum Gasteiger partial charge on any atom is -0.492 e. The van der Waals surface area contributed by atoms with Crippen LogP contribution in [0, 0.1) is 0 Å². The Labute approximate surface area is 207 Å². The van der Waals surface area contributed by atoms with Crippen LogP contribution in [-0.2, 0) is 17.8 Å². The van der Waals surface area contributed by atoms with Crippen LogP contribution < -0.4 is 26.8 Å². The second-order valence-electron chi connectivity index (χ2n) is 8.52. The zero-order valence-electron chi connectivity index (χ0n) is 20.0. The lowest BCUT2D eigenvalue weighted by molar-refractivity contribution is 0.0520. The van der Waals surface area contributed by atoms with E-state index in [1.54, 1.807) is 26.8 Å². The summed E-state index contributed by atoms with van der Waals surface area (Å²) in [5.74, 6) is 0.539. The molecule has 0 aliphatic rings. The highest BCUT2D eigenvalue weighted by molar-refractivity contribution is 6.31. The molecule has 0 saturated carbocycles. The molecule has 188 valence electrons. The van der Waals surface area contributed by atoms with Gasteiger partial charge in [-0.1, -0.05) is 11.6 Å². The van der Waals surface area contributed by atoms with Crippen molar-refractivity contribution in [1.29, 1.82) is 0 Å². The van der Waals surface area contributed by atoms with Crippen LogP contribution in [0.4, 0.5) is 16.4 Å². The monoisotopic (exact) mass is 504 g/mol. The molecule has 0 radical (unpaired) electrons. The number of alkyl carbamates (subject to hydrolysis) is 1. The number of nitrogens with two attached hydrogens (primary N) is 2. The molecule has 2 amide bonds. The SMILES string of the molecule is CCn1c(CNC(=O)c2nc(Cl)c(N)nc2N)nc2ccc(OCCNC(=O)OC(C)(C)C)cc21. The van der Waals surface area contributed by atoms with Gasteiger partial charge in [0.05, 0.1) is 24.1 Å².